The minimum Gasteiger partial charge on any atom is -0.495 e. The quantitative estimate of drug-likeness (QED) is 0.568. The second kappa shape index (κ2) is 8.34. The van der Waals surface area contributed by atoms with Crippen molar-refractivity contribution in [2.75, 3.05) is 20.3 Å². The zero-order chi connectivity index (χ0) is 23.2. The largest absolute Gasteiger partial charge is 0.495 e. The van der Waals surface area contributed by atoms with E-state index < -0.39 is 0 Å². The van der Waals surface area contributed by atoms with Crippen LogP contribution in [0, 0.1) is 18.2 Å². The third-order valence-electron chi connectivity index (χ3n) is 7.42. The minimum absolute atomic E-state index is 0.00379. The molecular weight excluding hydrogens is 417 g/mol. The monoisotopic (exact) mass is 447 g/mol. The van der Waals surface area contributed by atoms with Crippen LogP contribution in [0.15, 0.2) is 67.3 Å². The van der Waals surface area contributed by atoms with Gasteiger partial charge in [-0.2, -0.15) is 0 Å². The number of hydrogen-bond acceptors (Lipinski definition) is 4. The summed E-state index contributed by atoms with van der Waals surface area (Å²) in [7, 11) is 1.70. The van der Waals surface area contributed by atoms with Crippen molar-refractivity contribution in [1.82, 2.24) is 14.5 Å². The van der Waals surface area contributed by atoms with Gasteiger partial charge in [0.05, 0.1) is 37.5 Å². The molecule has 2 heterocycles. The Bertz CT molecular complexity index is 1170. The topological polar surface area (TPSA) is 50.5 Å². The molecule has 2 fully saturated rings. The summed E-state index contributed by atoms with van der Waals surface area (Å²) in [5.41, 5.74) is 5.17. The Kier molecular flexibility index (Phi) is 5.49. The number of likely N-dealkylation sites (tertiary alicyclic amines) is 1. The van der Waals surface area contributed by atoms with E-state index in [9.17, 15) is 9.50 Å². The van der Waals surface area contributed by atoms with E-state index in [1.54, 1.807) is 25.6 Å². The van der Waals surface area contributed by atoms with Crippen LogP contribution in [0.1, 0.15) is 48.0 Å². The first-order valence-corrected chi connectivity index (χ1v) is 11.5. The molecule has 1 aromatic heterocycles. The lowest BCUT2D eigenvalue weighted by molar-refractivity contribution is 0.114. The molecule has 0 amide bonds. The summed E-state index contributed by atoms with van der Waals surface area (Å²) < 4.78 is 21.1. The van der Waals surface area contributed by atoms with E-state index >= 15 is 0 Å². The SMILES string of the molecule is C=C1N(C(CO)c2ccc(F)cc2)CCCC12CC2c1ccc(-n2cnc(C)c2)c(OC)c1. The lowest BCUT2D eigenvalue weighted by Gasteiger charge is -2.42. The number of methoxy groups -OCH3 is 1. The molecule has 1 aliphatic heterocycles. The third-order valence-corrected chi connectivity index (χ3v) is 7.42. The summed E-state index contributed by atoms with van der Waals surface area (Å²) in [6.07, 6.45) is 6.95. The van der Waals surface area contributed by atoms with E-state index in [0.29, 0.717) is 5.92 Å². The molecule has 0 radical (unpaired) electrons. The third kappa shape index (κ3) is 3.72. The molecule has 5 nitrogen and oxygen atoms in total. The van der Waals surface area contributed by atoms with Gasteiger partial charge in [-0.3, -0.25) is 0 Å². The summed E-state index contributed by atoms with van der Waals surface area (Å²) in [5.74, 6) is 0.924. The second-order valence-electron chi connectivity index (χ2n) is 9.26. The molecule has 172 valence electrons. The highest BCUT2D eigenvalue weighted by Gasteiger charge is 2.59. The van der Waals surface area contributed by atoms with Crippen molar-refractivity contribution in [1.29, 1.82) is 0 Å². The normalized spacial score (nSPS) is 23.1. The van der Waals surface area contributed by atoms with Crippen molar-refractivity contribution >= 4 is 0 Å². The molecule has 1 aliphatic carbocycles. The Labute approximate surface area is 194 Å². The van der Waals surface area contributed by atoms with E-state index in [1.807, 2.05) is 17.7 Å². The maximum Gasteiger partial charge on any atom is 0.143 e. The van der Waals surface area contributed by atoms with Gasteiger partial charge in [0.25, 0.3) is 0 Å². The van der Waals surface area contributed by atoms with Crippen molar-refractivity contribution in [3.63, 3.8) is 0 Å². The number of imidazole rings is 1. The molecular formula is C27H30FN3O2. The van der Waals surface area contributed by atoms with Crippen LogP contribution >= 0.6 is 0 Å². The molecule has 3 atom stereocenters. The predicted molar refractivity (Wildman–Crippen MR) is 126 cm³/mol. The Balaban J connectivity index is 1.40. The summed E-state index contributed by atoms with van der Waals surface area (Å²) in [6.45, 7) is 7.29. The van der Waals surface area contributed by atoms with E-state index in [0.717, 1.165) is 54.2 Å². The number of benzene rings is 2. The van der Waals surface area contributed by atoms with E-state index in [1.165, 1.54) is 17.7 Å². The first-order chi connectivity index (χ1) is 16.0. The highest BCUT2D eigenvalue weighted by atomic mass is 19.1. The van der Waals surface area contributed by atoms with Gasteiger partial charge in [0, 0.05) is 23.9 Å². The molecule has 0 bridgehead atoms. The van der Waals surface area contributed by atoms with Crippen molar-refractivity contribution < 1.29 is 14.2 Å². The van der Waals surface area contributed by atoms with Crippen molar-refractivity contribution in [3.05, 3.63) is 89.9 Å². The van der Waals surface area contributed by atoms with Gasteiger partial charge in [-0.05, 0) is 67.5 Å². The maximum atomic E-state index is 13.4. The van der Waals surface area contributed by atoms with Crippen molar-refractivity contribution in [3.8, 4) is 11.4 Å². The lowest BCUT2D eigenvalue weighted by atomic mass is 9.85. The molecule has 2 aliphatic rings. The predicted octanol–water partition coefficient (Wildman–Crippen LogP) is 5.15. The number of ether oxygens (including phenoxy) is 1. The second-order valence-corrected chi connectivity index (χ2v) is 9.26. The molecule has 5 rings (SSSR count). The smallest absolute Gasteiger partial charge is 0.143 e. The zero-order valence-electron chi connectivity index (χ0n) is 19.2. The first-order valence-electron chi connectivity index (χ1n) is 11.5. The van der Waals surface area contributed by atoms with Crippen LogP contribution in [0.5, 0.6) is 5.75 Å². The number of halogens is 1. The number of aliphatic hydroxyl groups excluding tert-OH is 1. The highest BCUT2D eigenvalue weighted by Crippen LogP contribution is 2.68. The zero-order valence-corrected chi connectivity index (χ0v) is 19.2. The Morgan fingerprint density at radius 3 is 2.73 bits per heavy atom. The number of rotatable bonds is 6. The number of piperidine rings is 1. The molecule has 1 saturated carbocycles. The fourth-order valence-corrected chi connectivity index (χ4v) is 5.56. The average Bonchev–Trinajstić information content (AvgIpc) is 3.39. The summed E-state index contributed by atoms with van der Waals surface area (Å²) in [6, 6.07) is 12.6. The molecule has 6 heteroatoms. The van der Waals surface area contributed by atoms with E-state index in [-0.39, 0.29) is 23.9 Å². The van der Waals surface area contributed by atoms with Gasteiger partial charge >= 0.3 is 0 Å². The van der Waals surface area contributed by atoms with Crippen LogP contribution in [-0.2, 0) is 0 Å². The number of nitrogens with zero attached hydrogens (tertiary/aromatic N) is 3. The molecule has 1 spiro atoms. The van der Waals surface area contributed by atoms with Gasteiger partial charge in [-0.25, -0.2) is 9.37 Å². The Morgan fingerprint density at radius 2 is 2.06 bits per heavy atom. The molecule has 3 aromatic rings. The number of aliphatic hydroxyl groups is 1. The van der Waals surface area contributed by atoms with Crippen LogP contribution in [-0.4, -0.2) is 39.8 Å². The van der Waals surface area contributed by atoms with E-state index in [2.05, 4.69) is 34.7 Å². The van der Waals surface area contributed by atoms with Crippen LogP contribution < -0.4 is 4.74 Å². The van der Waals surface area contributed by atoms with Crippen molar-refractivity contribution in [2.24, 2.45) is 5.41 Å². The number of aromatic nitrogens is 2. The summed E-state index contributed by atoms with van der Waals surface area (Å²) in [4.78, 5) is 6.56. The summed E-state index contributed by atoms with van der Waals surface area (Å²) >= 11 is 0. The van der Waals surface area contributed by atoms with Gasteiger partial charge < -0.3 is 19.3 Å². The van der Waals surface area contributed by atoms with Gasteiger partial charge in [0.15, 0.2) is 0 Å². The van der Waals surface area contributed by atoms with Gasteiger partial charge in [-0.15, -0.1) is 0 Å². The maximum absolute atomic E-state index is 13.4. The van der Waals surface area contributed by atoms with E-state index in [4.69, 9.17) is 4.74 Å². The minimum atomic E-state index is -0.269. The number of hydrogen-bond donors (Lipinski definition) is 1. The highest BCUT2D eigenvalue weighted by molar-refractivity contribution is 5.52. The fourth-order valence-electron chi connectivity index (χ4n) is 5.56. The average molecular weight is 448 g/mol. The van der Waals surface area contributed by atoms with Gasteiger partial charge in [0.1, 0.15) is 11.6 Å². The first kappa shape index (κ1) is 21.7. The Morgan fingerprint density at radius 1 is 1.27 bits per heavy atom. The lowest BCUT2D eigenvalue weighted by Crippen LogP contribution is -2.38. The number of aryl methyl sites for hydroxylation is 1. The van der Waals surface area contributed by atoms with Crippen LogP contribution in [0.3, 0.4) is 0 Å². The van der Waals surface area contributed by atoms with Crippen LogP contribution in [0.4, 0.5) is 4.39 Å². The van der Waals surface area contributed by atoms with Gasteiger partial charge in [0.2, 0.25) is 0 Å². The number of allylic oxidation sites excluding steroid dienone is 1. The Hall–Kier alpha value is -3.12. The van der Waals surface area contributed by atoms with Gasteiger partial charge in [-0.1, -0.05) is 24.8 Å². The molecule has 33 heavy (non-hydrogen) atoms. The molecule has 2 aromatic carbocycles. The molecule has 3 unspecified atom stereocenters. The molecule has 1 N–H and O–H groups in total. The standard InChI is InChI=1S/C27H30FN3O2/c1-18-15-30(17-29-18)24-10-7-21(13-26(24)33-3)23-14-27(23)11-4-12-31(19(27)2)25(16-32)20-5-8-22(28)9-6-20/h5-10,13,15,17,23,25,32H,2,4,11-12,14,16H2,1,3H3. The molecule has 1 saturated heterocycles. The fraction of sp³-hybridized carbons (Fsp3) is 0.370. The van der Waals surface area contributed by atoms with Crippen molar-refractivity contribution in [2.45, 2.75) is 38.1 Å². The van der Waals surface area contributed by atoms with Crippen LogP contribution in [0.25, 0.3) is 5.69 Å². The summed E-state index contributed by atoms with van der Waals surface area (Å²) in [5, 5.41) is 10.2. The van der Waals surface area contributed by atoms with Crippen LogP contribution in [0.2, 0.25) is 0 Å².